The molecule has 0 aromatic rings. The number of hydrogen-bond acceptors (Lipinski definition) is 3. The summed E-state index contributed by atoms with van der Waals surface area (Å²) in [6, 6.07) is 0. The summed E-state index contributed by atoms with van der Waals surface area (Å²) in [5.41, 5.74) is 0. The van der Waals surface area contributed by atoms with E-state index in [1.807, 2.05) is 0 Å². The zero-order valence-electron chi connectivity index (χ0n) is 6.36. The summed E-state index contributed by atoms with van der Waals surface area (Å²) in [6.45, 7) is -1.81. The van der Waals surface area contributed by atoms with Gasteiger partial charge in [-0.05, 0) is 0 Å². The van der Waals surface area contributed by atoms with Gasteiger partial charge in [-0.15, -0.1) is 0 Å². The number of nitrogens with zero attached hydrogens (tertiary/aromatic N) is 1. The fourth-order valence-electron chi connectivity index (χ4n) is 0.716. The van der Waals surface area contributed by atoms with Crippen molar-refractivity contribution < 1.29 is 24.2 Å². The van der Waals surface area contributed by atoms with Crippen molar-refractivity contribution in [3.05, 3.63) is 0 Å². The van der Waals surface area contributed by atoms with Gasteiger partial charge in [0.1, 0.15) is 6.67 Å². The number of hydrogen-bond donors (Lipinski definition) is 2. The van der Waals surface area contributed by atoms with E-state index in [9.17, 15) is 14.0 Å². The molecule has 0 unspecified atom stereocenters. The molecule has 6 heteroatoms. The Labute approximate surface area is 68.4 Å². The van der Waals surface area contributed by atoms with E-state index < -0.39 is 31.7 Å². The van der Waals surface area contributed by atoms with Gasteiger partial charge in [-0.3, -0.25) is 14.5 Å². The highest BCUT2D eigenvalue weighted by Crippen LogP contribution is 1.88. The number of rotatable bonds is 6. The molecule has 5 nitrogen and oxygen atoms in total. The van der Waals surface area contributed by atoms with Crippen molar-refractivity contribution in [1.82, 2.24) is 4.90 Å². The first-order chi connectivity index (χ1) is 5.56. The van der Waals surface area contributed by atoms with Gasteiger partial charge >= 0.3 is 11.9 Å². The lowest BCUT2D eigenvalue weighted by atomic mass is 10.4. The standard InChI is InChI=1S/C6H10FNO4/c7-1-2-8(3-5(9)10)4-6(11)12/h1-4H2,(H,9,10)(H,11,12). The predicted molar refractivity (Wildman–Crippen MR) is 37.7 cm³/mol. The average molecular weight is 179 g/mol. The number of halogens is 1. The molecule has 0 radical (unpaired) electrons. The van der Waals surface area contributed by atoms with E-state index >= 15 is 0 Å². The van der Waals surface area contributed by atoms with Crippen molar-refractivity contribution in [2.24, 2.45) is 0 Å². The Kier molecular flexibility index (Phi) is 4.94. The Morgan fingerprint density at radius 1 is 1.17 bits per heavy atom. The summed E-state index contributed by atoms with van der Waals surface area (Å²) >= 11 is 0. The molecule has 0 rings (SSSR count). The Morgan fingerprint density at radius 2 is 1.58 bits per heavy atom. The van der Waals surface area contributed by atoms with Crippen molar-refractivity contribution >= 4 is 11.9 Å². The molecule has 0 aliphatic carbocycles. The Balaban J connectivity index is 3.85. The number of carboxylic acids is 2. The smallest absolute Gasteiger partial charge is 0.317 e. The molecule has 0 saturated carbocycles. The topological polar surface area (TPSA) is 77.8 Å². The Bertz CT molecular complexity index is 157. The van der Waals surface area contributed by atoms with Crippen molar-refractivity contribution in [3.63, 3.8) is 0 Å². The van der Waals surface area contributed by atoms with Crippen LogP contribution < -0.4 is 0 Å². The van der Waals surface area contributed by atoms with E-state index in [2.05, 4.69) is 0 Å². The highest BCUT2D eigenvalue weighted by atomic mass is 19.1. The van der Waals surface area contributed by atoms with E-state index in [1.165, 1.54) is 0 Å². The number of carboxylic acid groups (broad SMARTS) is 2. The van der Waals surface area contributed by atoms with Gasteiger partial charge in [-0.25, -0.2) is 4.39 Å². The maximum atomic E-state index is 11.7. The molecular formula is C6H10FNO4. The molecule has 0 fully saturated rings. The molecule has 0 spiro atoms. The fraction of sp³-hybridized carbons (Fsp3) is 0.667. The molecule has 0 bridgehead atoms. The Hall–Kier alpha value is -1.17. The third-order valence-electron chi connectivity index (χ3n) is 1.12. The van der Waals surface area contributed by atoms with Crippen molar-refractivity contribution in [3.8, 4) is 0 Å². The molecule has 0 amide bonds. The van der Waals surface area contributed by atoms with E-state index in [-0.39, 0.29) is 6.54 Å². The SMILES string of the molecule is O=C(O)CN(CCF)CC(=O)O. The van der Waals surface area contributed by atoms with E-state index in [4.69, 9.17) is 10.2 Å². The number of aliphatic carboxylic acids is 2. The van der Waals surface area contributed by atoms with Crippen LogP contribution in [0.5, 0.6) is 0 Å². The highest BCUT2D eigenvalue weighted by molar-refractivity contribution is 5.72. The van der Waals surface area contributed by atoms with E-state index in [1.54, 1.807) is 0 Å². The monoisotopic (exact) mass is 179 g/mol. The summed E-state index contributed by atoms with van der Waals surface area (Å²) in [4.78, 5) is 21.2. The molecule has 70 valence electrons. The van der Waals surface area contributed by atoms with E-state index in [0.29, 0.717) is 0 Å². The third-order valence-corrected chi connectivity index (χ3v) is 1.12. The Morgan fingerprint density at radius 3 is 1.83 bits per heavy atom. The van der Waals surface area contributed by atoms with Crippen LogP contribution in [0.25, 0.3) is 0 Å². The lowest BCUT2D eigenvalue weighted by molar-refractivity contribution is -0.141. The maximum absolute atomic E-state index is 11.7. The van der Waals surface area contributed by atoms with Gasteiger partial charge in [0.25, 0.3) is 0 Å². The average Bonchev–Trinajstić information content (AvgIpc) is 1.84. The summed E-state index contributed by atoms with van der Waals surface area (Å²) in [5.74, 6) is -2.32. The highest BCUT2D eigenvalue weighted by Gasteiger charge is 2.12. The van der Waals surface area contributed by atoms with Gasteiger partial charge < -0.3 is 10.2 Å². The lowest BCUT2D eigenvalue weighted by Crippen LogP contribution is -2.35. The van der Waals surface area contributed by atoms with Gasteiger partial charge in [-0.2, -0.15) is 0 Å². The summed E-state index contributed by atoms with van der Waals surface area (Å²) in [7, 11) is 0. The first kappa shape index (κ1) is 10.8. The van der Waals surface area contributed by atoms with Crippen LogP contribution in [-0.4, -0.2) is 53.4 Å². The van der Waals surface area contributed by atoms with Crippen LogP contribution in [0, 0.1) is 0 Å². The molecule has 0 atom stereocenters. The summed E-state index contributed by atoms with van der Waals surface area (Å²) in [6.07, 6.45) is 0. The third kappa shape index (κ3) is 5.60. The maximum Gasteiger partial charge on any atom is 0.317 e. The molecular weight excluding hydrogens is 169 g/mol. The second-order valence-electron chi connectivity index (χ2n) is 2.19. The van der Waals surface area contributed by atoms with Crippen molar-refractivity contribution in [1.29, 1.82) is 0 Å². The quantitative estimate of drug-likeness (QED) is 0.570. The first-order valence-corrected chi connectivity index (χ1v) is 3.28. The van der Waals surface area contributed by atoms with Crippen LogP contribution in [0.2, 0.25) is 0 Å². The largest absolute Gasteiger partial charge is 0.480 e. The molecule has 2 N–H and O–H groups in total. The predicted octanol–water partition coefficient (Wildman–Crippen LogP) is -0.573. The fourth-order valence-corrected chi connectivity index (χ4v) is 0.716. The normalized spacial score (nSPS) is 10.2. The second-order valence-corrected chi connectivity index (χ2v) is 2.19. The van der Waals surface area contributed by atoms with Gasteiger partial charge in [-0.1, -0.05) is 0 Å². The van der Waals surface area contributed by atoms with Crippen LogP contribution >= 0.6 is 0 Å². The lowest BCUT2D eigenvalue weighted by Gasteiger charge is -2.14. The molecule has 0 saturated heterocycles. The van der Waals surface area contributed by atoms with Gasteiger partial charge in [0, 0.05) is 6.54 Å². The number of carbonyl (C=O) groups is 2. The van der Waals surface area contributed by atoms with Gasteiger partial charge in [0.2, 0.25) is 0 Å². The van der Waals surface area contributed by atoms with Crippen LogP contribution in [0.1, 0.15) is 0 Å². The van der Waals surface area contributed by atoms with Gasteiger partial charge in [0.05, 0.1) is 13.1 Å². The van der Waals surface area contributed by atoms with Crippen molar-refractivity contribution in [2.45, 2.75) is 0 Å². The molecule has 0 aromatic carbocycles. The minimum absolute atomic E-state index is 0.168. The summed E-state index contributed by atoms with van der Waals surface area (Å²) < 4.78 is 11.7. The minimum atomic E-state index is -1.16. The number of alkyl halides is 1. The van der Waals surface area contributed by atoms with Crippen LogP contribution in [0.3, 0.4) is 0 Å². The molecule has 0 aromatic heterocycles. The molecule has 12 heavy (non-hydrogen) atoms. The van der Waals surface area contributed by atoms with Crippen molar-refractivity contribution in [2.75, 3.05) is 26.3 Å². The summed E-state index contributed by atoms with van der Waals surface area (Å²) in [5, 5.41) is 16.5. The second kappa shape index (κ2) is 5.48. The van der Waals surface area contributed by atoms with Crippen LogP contribution in [0.15, 0.2) is 0 Å². The zero-order chi connectivity index (χ0) is 9.56. The minimum Gasteiger partial charge on any atom is -0.480 e. The molecule has 0 heterocycles. The molecule has 0 aliphatic rings. The molecule has 0 aliphatic heterocycles. The zero-order valence-corrected chi connectivity index (χ0v) is 6.36. The van der Waals surface area contributed by atoms with Crippen LogP contribution in [-0.2, 0) is 9.59 Å². The first-order valence-electron chi connectivity index (χ1n) is 3.28. The van der Waals surface area contributed by atoms with E-state index in [0.717, 1.165) is 4.90 Å². The van der Waals surface area contributed by atoms with Crippen LogP contribution in [0.4, 0.5) is 4.39 Å². The van der Waals surface area contributed by atoms with Gasteiger partial charge in [0.15, 0.2) is 0 Å².